The lowest BCUT2D eigenvalue weighted by Crippen LogP contribution is -2.34. The normalized spacial score (nSPS) is 10.2. The molecule has 5 N–H and O–H groups in total. The van der Waals surface area contributed by atoms with E-state index >= 15 is 0 Å². The highest BCUT2D eigenvalue weighted by Crippen LogP contribution is 2.15. The van der Waals surface area contributed by atoms with Crippen LogP contribution in [0.5, 0.6) is 0 Å². The SMILES string of the molecule is NC(=O)CNC(=O)c1[nH]ncc1NC(=O)c1cnc(Cl)c(F)c1. The molecule has 0 spiro atoms. The molecule has 0 atom stereocenters. The van der Waals surface area contributed by atoms with Crippen molar-refractivity contribution in [3.63, 3.8) is 0 Å². The minimum atomic E-state index is -0.856. The maximum atomic E-state index is 13.3. The van der Waals surface area contributed by atoms with E-state index in [1.54, 1.807) is 0 Å². The van der Waals surface area contributed by atoms with Crippen molar-refractivity contribution >= 4 is 35.0 Å². The number of halogens is 2. The number of nitrogens with two attached hydrogens (primary N) is 1. The molecule has 120 valence electrons. The summed E-state index contributed by atoms with van der Waals surface area (Å²) in [4.78, 5) is 38.0. The largest absolute Gasteiger partial charge is 0.368 e. The van der Waals surface area contributed by atoms with Crippen LogP contribution < -0.4 is 16.4 Å². The van der Waals surface area contributed by atoms with E-state index in [1.807, 2.05) is 0 Å². The van der Waals surface area contributed by atoms with Gasteiger partial charge in [-0.1, -0.05) is 11.6 Å². The molecule has 0 unspecified atom stereocenters. The minimum Gasteiger partial charge on any atom is -0.368 e. The van der Waals surface area contributed by atoms with Gasteiger partial charge < -0.3 is 16.4 Å². The molecule has 23 heavy (non-hydrogen) atoms. The zero-order valence-electron chi connectivity index (χ0n) is 11.4. The molecule has 0 fully saturated rings. The number of carbonyl (C=O) groups is 3. The first-order valence-electron chi connectivity index (χ1n) is 6.10. The second kappa shape index (κ2) is 6.83. The minimum absolute atomic E-state index is 0.0346. The molecule has 9 nitrogen and oxygen atoms in total. The number of rotatable bonds is 5. The van der Waals surface area contributed by atoms with E-state index in [0.717, 1.165) is 12.3 Å². The average Bonchev–Trinajstić information content (AvgIpc) is 2.95. The second-order valence-electron chi connectivity index (χ2n) is 4.26. The molecule has 0 aliphatic rings. The molecule has 11 heteroatoms. The highest BCUT2D eigenvalue weighted by molar-refractivity contribution is 6.29. The van der Waals surface area contributed by atoms with E-state index in [9.17, 15) is 18.8 Å². The lowest BCUT2D eigenvalue weighted by atomic mass is 10.2. The maximum absolute atomic E-state index is 13.3. The van der Waals surface area contributed by atoms with Crippen LogP contribution in [0.2, 0.25) is 5.15 Å². The van der Waals surface area contributed by atoms with Crippen LogP contribution in [-0.2, 0) is 4.79 Å². The number of nitrogens with one attached hydrogen (secondary N) is 3. The van der Waals surface area contributed by atoms with Crippen LogP contribution >= 0.6 is 11.6 Å². The first kappa shape index (κ1) is 16.4. The Kier molecular flexibility index (Phi) is 4.86. The predicted octanol–water partition coefficient (Wildman–Crippen LogP) is 0.0646. The van der Waals surface area contributed by atoms with Gasteiger partial charge in [-0.2, -0.15) is 5.10 Å². The molecule has 0 saturated carbocycles. The number of primary amides is 1. The van der Waals surface area contributed by atoms with Crippen LogP contribution in [0.25, 0.3) is 0 Å². The Balaban J connectivity index is 2.13. The smallest absolute Gasteiger partial charge is 0.271 e. The second-order valence-corrected chi connectivity index (χ2v) is 4.62. The number of aromatic amines is 1. The van der Waals surface area contributed by atoms with Gasteiger partial charge in [-0.3, -0.25) is 19.5 Å². The molecule has 0 radical (unpaired) electrons. The molecule has 2 aromatic rings. The fourth-order valence-electron chi connectivity index (χ4n) is 1.55. The van der Waals surface area contributed by atoms with Crippen molar-refractivity contribution in [3.05, 3.63) is 40.7 Å². The number of hydrogen-bond acceptors (Lipinski definition) is 5. The van der Waals surface area contributed by atoms with Crippen LogP contribution in [0.4, 0.5) is 10.1 Å². The standard InChI is InChI=1S/C12H10ClFN6O3/c13-10-6(14)1-5(2-16-10)11(22)19-7-3-18-20-9(7)12(23)17-4-8(15)21/h1-3H,4H2,(H2,15,21)(H,17,23)(H,18,20)(H,19,22). The van der Waals surface area contributed by atoms with Gasteiger partial charge in [-0.15, -0.1) is 0 Å². The van der Waals surface area contributed by atoms with Gasteiger partial charge in [0.05, 0.1) is 24.0 Å². The summed E-state index contributed by atoms with van der Waals surface area (Å²) in [5.74, 6) is -3.01. The Bertz CT molecular complexity index is 778. The topological polar surface area (TPSA) is 143 Å². The van der Waals surface area contributed by atoms with Crippen molar-refractivity contribution in [2.45, 2.75) is 0 Å². The highest BCUT2D eigenvalue weighted by atomic mass is 35.5. The summed E-state index contributed by atoms with van der Waals surface area (Å²) >= 11 is 5.43. The molecule has 0 bridgehead atoms. The van der Waals surface area contributed by atoms with E-state index in [-0.39, 0.29) is 28.6 Å². The molecule has 3 amide bonds. The lowest BCUT2D eigenvalue weighted by Gasteiger charge is -2.06. The molecule has 2 rings (SSSR count). The summed E-state index contributed by atoms with van der Waals surface area (Å²) in [5.41, 5.74) is 4.75. The fraction of sp³-hybridized carbons (Fsp3) is 0.0833. The summed E-state index contributed by atoms with van der Waals surface area (Å²) in [7, 11) is 0. The van der Waals surface area contributed by atoms with E-state index in [1.165, 1.54) is 6.20 Å². The highest BCUT2D eigenvalue weighted by Gasteiger charge is 2.18. The molecule has 2 aromatic heterocycles. The van der Waals surface area contributed by atoms with Gasteiger partial charge in [0, 0.05) is 6.20 Å². The van der Waals surface area contributed by atoms with Gasteiger partial charge in [-0.05, 0) is 6.07 Å². The fourth-order valence-corrected chi connectivity index (χ4v) is 1.65. The van der Waals surface area contributed by atoms with Crippen molar-refractivity contribution in [2.75, 3.05) is 11.9 Å². The number of anilines is 1. The van der Waals surface area contributed by atoms with Crippen LogP contribution in [-0.4, -0.2) is 39.4 Å². The summed E-state index contributed by atoms with van der Waals surface area (Å²) in [6.07, 6.45) is 2.25. The lowest BCUT2D eigenvalue weighted by molar-refractivity contribution is -0.117. The van der Waals surface area contributed by atoms with Crippen molar-refractivity contribution in [1.29, 1.82) is 0 Å². The quantitative estimate of drug-likeness (QED) is 0.569. The van der Waals surface area contributed by atoms with Crippen molar-refractivity contribution < 1.29 is 18.8 Å². The maximum Gasteiger partial charge on any atom is 0.271 e. The van der Waals surface area contributed by atoms with Gasteiger partial charge >= 0.3 is 0 Å². The number of pyridine rings is 1. The molecule has 0 aliphatic heterocycles. The summed E-state index contributed by atoms with van der Waals surface area (Å²) in [6, 6.07) is 0.900. The molecular formula is C12H10ClFN6O3. The van der Waals surface area contributed by atoms with E-state index in [4.69, 9.17) is 17.3 Å². The number of aromatic nitrogens is 3. The molecule has 0 saturated heterocycles. The Morgan fingerprint density at radius 2 is 2.04 bits per heavy atom. The van der Waals surface area contributed by atoms with Gasteiger partial charge in [-0.25, -0.2) is 9.37 Å². The van der Waals surface area contributed by atoms with E-state index < -0.39 is 23.5 Å². The third-order valence-corrected chi connectivity index (χ3v) is 2.87. The Morgan fingerprint density at radius 3 is 2.70 bits per heavy atom. The monoisotopic (exact) mass is 340 g/mol. The zero-order chi connectivity index (χ0) is 17.0. The first-order chi connectivity index (χ1) is 10.9. The Labute approximate surface area is 133 Å². The van der Waals surface area contributed by atoms with Crippen LogP contribution in [0.1, 0.15) is 20.8 Å². The van der Waals surface area contributed by atoms with Gasteiger partial charge in [0.2, 0.25) is 5.91 Å². The molecule has 0 aromatic carbocycles. The van der Waals surface area contributed by atoms with Crippen molar-refractivity contribution in [3.8, 4) is 0 Å². The van der Waals surface area contributed by atoms with Crippen molar-refractivity contribution in [2.24, 2.45) is 5.73 Å². The first-order valence-corrected chi connectivity index (χ1v) is 6.48. The Morgan fingerprint density at radius 1 is 1.30 bits per heavy atom. The molecular weight excluding hydrogens is 331 g/mol. The van der Waals surface area contributed by atoms with E-state index in [0.29, 0.717) is 0 Å². The number of hydrogen-bond donors (Lipinski definition) is 4. The predicted molar refractivity (Wildman–Crippen MR) is 77.3 cm³/mol. The van der Waals surface area contributed by atoms with Crippen LogP contribution in [0.15, 0.2) is 18.5 Å². The van der Waals surface area contributed by atoms with Crippen molar-refractivity contribution in [1.82, 2.24) is 20.5 Å². The number of amides is 3. The molecule has 2 heterocycles. The summed E-state index contributed by atoms with van der Waals surface area (Å²) < 4.78 is 13.3. The summed E-state index contributed by atoms with van der Waals surface area (Å²) in [5, 5.41) is 10.2. The van der Waals surface area contributed by atoms with Crippen LogP contribution in [0.3, 0.4) is 0 Å². The summed E-state index contributed by atoms with van der Waals surface area (Å²) in [6.45, 7) is -0.377. The number of nitrogens with zero attached hydrogens (tertiary/aromatic N) is 2. The third-order valence-electron chi connectivity index (χ3n) is 2.60. The van der Waals surface area contributed by atoms with E-state index in [2.05, 4.69) is 25.8 Å². The Hall–Kier alpha value is -3.01. The van der Waals surface area contributed by atoms with Gasteiger partial charge in [0.1, 0.15) is 5.69 Å². The van der Waals surface area contributed by atoms with Gasteiger partial charge in [0.15, 0.2) is 11.0 Å². The average molecular weight is 341 g/mol. The third kappa shape index (κ3) is 4.01. The molecule has 0 aliphatic carbocycles. The number of carbonyl (C=O) groups excluding carboxylic acids is 3. The van der Waals surface area contributed by atoms with Crippen LogP contribution in [0, 0.1) is 5.82 Å². The van der Waals surface area contributed by atoms with Gasteiger partial charge in [0.25, 0.3) is 11.8 Å². The zero-order valence-corrected chi connectivity index (χ0v) is 12.1. The number of H-pyrrole nitrogens is 1.